The van der Waals surface area contributed by atoms with Gasteiger partial charge in [0.1, 0.15) is 0 Å². The van der Waals surface area contributed by atoms with Gasteiger partial charge >= 0.3 is 0 Å². The number of rotatable bonds is 6. The number of aryl methyl sites for hydroxylation is 2. The summed E-state index contributed by atoms with van der Waals surface area (Å²) in [5, 5.41) is 0.627. The number of fused-ring (bicyclic) bond motifs is 1. The van der Waals surface area contributed by atoms with E-state index in [1.165, 1.54) is 11.3 Å². The number of anilines is 1. The molecule has 3 aromatic carbocycles. The lowest BCUT2D eigenvalue weighted by Gasteiger charge is -2.21. The number of nitrogens with zero attached hydrogens (tertiary/aromatic N) is 3. The molecule has 5 rings (SSSR count). The van der Waals surface area contributed by atoms with Crippen molar-refractivity contribution in [1.29, 1.82) is 0 Å². The SMILES string of the molecule is Cc1ccc(C)c2sc(N(Cc3ccccc3)C(=O)c3ccc(S(=O)(=O)N4CCCCCC4)cc3)nc12. The second-order valence-electron chi connectivity index (χ2n) is 9.59. The third-order valence-electron chi connectivity index (χ3n) is 6.89. The summed E-state index contributed by atoms with van der Waals surface area (Å²) in [4.78, 5) is 20.6. The summed E-state index contributed by atoms with van der Waals surface area (Å²) in [7, 11) is -3.58. The number of hydrogen-bond donors (Lipinski definition) is 0. The average molecular weight is 534 g/mol. The predicted octanol–water partition coefficient (Wildman–Crippen LogP) is 6.32. The van der Waals surface area contributed by atoms with Crippen LogP contribution in [0.3, 0.4) is 0 Å². The highest BCUT2D eigenvalue weighted by atomic mass is 32.2. The van der Waals surface area contributed by atoms with Gasteiger partial charge in [0.15, 0.2) is 5.13 Å². The number of carbonyl (C=O) groups is 1. The summed E-state index contributed by atoms with van der Waals surface area (Å²) >= 11 is 1.51. The Hall–Kier alpha value is -3.07. The van der Waals surface area contributed by atoms with Crippen LogP contribution in [0, 0.1) is 13.8 Å². The second kappa shape index (κ2) is 10.7. The maximum absolute atomic E-state index is 13.8. The minimum Gasteiger partial charge on any atom is -0.279 e. The van der Waals surface area contributed by atoms with Crippen LogP contribution in [0.1, 0.15) is 52.7 Å². The minimum absolute atomic E-state index is 0.211. The number of benzene rings is 3. The molecule has 6 nitrogen and oxygen atoms in total. The molecule has 1 amide bonds. The Balaban J connectivity index is 1.48. The van der Waals surface area contributed by atoms with Crippen molar-refractivity contribution in [2.24, 2.45) is 0 Å². The van der Waals surface area contributed by atoms with Gasteiger partial charge in [-0.1, -0.05) is 66.6 Å². The van der Waals surface area contributed by atoms with Gasteiger partial charge in [0.2, 0.25) is 10.0 Å². The highest BCUT2D eigenvalue weighted by Gasteiger charge is 2.27. The molecule has 0 aliphatic carbocycles. The number of amides is 1. The Morgan fingerprint density at radius 3 is 2.19 bits per heavy atom. The topological polar surface area (TPSA) is 70.6 Å². The molecule has 1 fully saturated rings. The van der Waals surface area contributed by atoms with E-state index in [0.717, 1.165) is 52.6 Å². The third-order valence-corrected chi connectivity index (χ3v) is 10.0. The second-order valence-corrected chi connectivity index (χ2v) is 12.5. The summed E-state index contributed by atoms with van der Waals surface area (Å²) in [5.41, 5.74) is 4.52. The lowest BCUT2D eigenvalue weighted by molar-refractivity contribution is 0.0985. The Morgan fingerprint density at radius 1 is 0.892 bits per heavy atom. The van der Waals surface area contributed by atoms with Gasteiger partial charge in [-0.2, -0.15) is 4.31 Å². The van der Waals surface area contributed by atoms with Crippen LogP contribution in [0.4, 0.5) is 5.13 Å². The molecule has 1 aromatic heterocycles. The van der Waals surface area contributed by atoms with Crippen molar-refractivity contribution in [1.82, 2.24) is 9.29 Å². The maximum atomic E-state index is 13.8. The molecule has 0 spiro atoms. The van der Waals surface area contributed by atoms with E-state index in [0.29, 0.717) is 30.3 Å². The quantitative estimate of drug-likeness (QED) is 0.291. The van der Waals surface area contributed by atoms with Crippen LogP contribution in [0.15, 0.2) is 71.6 Å². The van der Waals surface area contributed by atoms with E-state index in [4.69, 9.17) is 4.98 Å². The van der Waals surface area contributed by atoms with Gasteiger partial charge in [-0.3, -0.25) is 9.69 Å². The van der Waals surface area contributed by atoms with E-state index >= 15 is 0 Å². The van der Waals surface area contributed by atoms with E-state index in [1.807, 2.05) is 43.3 Å². The number of carbonyl (C=O) groups excluding carboxylic acids is 1. The molecule has 1 saturated heterocycles. The number of sulfonamides is 1. The van der Waals surface area contributed by atoms with Gasteiger partial charge in [-0.25, -0.2) is 13.4 Å². The van der Waals surface area contributed by atoms with Crippen molar-refractivity contribution in [3.05, 3.63) is 89.0 Å². The highest BCUT2D eigenvalue weighted by molar-refractivity contribution is 7.89. The molecule has 1 aliphatic heterocycles. The lowest BCUT2D eigenvalue weighted by atomic mass is 10.1. The maximum Gasteiger partial charge on any atom is 0.260 e. The number of thiazole rings is 1. The first-order chi connectivity index (χ1) is 17.8. The van der Waals surface area contributed by atoms with Gasteiger partial charge in [-0.05, 0) is 67.6 Å². The fourth-order valence-corrected chi connectivity index (χ4v) is 7.34. The largest absolute Gasteiger partial charge is 0.279 e. The summed E-state index contributed by atoms with van der Waals surface area (Å²) in [6.07, 6.45) is 3.87. The summed E-state index contributed by atoms with van der Waals surface area (Å²) in [5.74, 6) is -0.211. The van der Waals surface area contributed by atoms with Crippen molar-refractivity contribution >= 4 is 42.6 Å². The summed E-state index contributed by atoms with van der Waals surface area (Å²) in [6, 6.07) is 20.3. The first kappa shape index (κ1) is 25.6. The molecule has 2 heterocycles. The van der Waals surface area contributed by atoms with Gasteiger partial charge < -0.3 is 0 Å². The van der Waals surface area contributed by atoms with E-state index in [9.17, 15) is 13.2 Å². The lowest BCUT2D eigenvalue weighted by Crippen LogP contribution is -2.32. The Morgan fingerprint density at radius 2 is 1.54 bits per heavy atom. The fourth-order valence-electron chi connectivity index (χ4n) is 4.71. The Labute approximate surface area is 222 Å². The zero-order chi connectivity index (χ0) is 26.0. The molecular weight excluding hydrogens is 502 g/mol. The first-order valence-electron chi connectivity index (χ1n) is 12.7. The van der Waals surface area contributed by atoms with Crippen LogP contribution in [0.2, 0.25) is 0 Å². The van der Waals surface area contributed by atoms with Gasteiger partial charge in [0.05, 0.1) is 21.7 Å². The summed E-state index contributed by atoms with van der Waals surface area (Å²) in [6.45, 7) is 5.54. The zero-order valence-corrected chi connectivity index (χ0v) is 22.8. The van der Waals surface area contributed by atoms with Crippen LogP contribution in [0.5, 0.6) is 0 Å². The number of aromatic nitrogens is 1. The summed E-state index contributed by atoms with van der Waals surface area (Å²) < 4.78 is 29.0. The molecule has 4 aromatic rings. The van der Waals surface area contributed by atoms with E-state index in [1.54, 1.807) is 33.5 Å². The standard InChI is InChI=1S/C29H31N3O3S2/c1-21-12-13-22(2)27-26(21)30-29(36-27)32(20-23-10-6-5-7-11-23)28(33)24-14-16-25(17-15-24)37(34,35)31-18-8-3-4-9-19-31/h5-7,10-17H,3-4,8-9,18-20H2,1-2H3. The smallest absolute Gasteiger partial charge is 0.260 e. The molecule has 0 bridgehead atoms. The molecule has 0 unspecified atom stereocenters. The normalized spacial score (nSPS) is 15.0. The van der Waals surface area contributed by atoms with Crippen LogP contribution >= 0.6 is 11.3 Å². The Bertz CT molecular complexity index is 1470. The molecule has 0 N–H and O–H groups in total. The molecule has 37 heavy (non-hydrogen) atoms. The monoisotopic (exact) mass is 533 g/mol. The molecule has 8 heteroatoms. The molecular formula is C29H31N3O3S2. The number of hydrogen-bond acceptors (Lipinski definition) is 5. The van der Waals surface area contributed by atoms with Crippen LogP contribution in [-0.4, -0.2) is 36.7 Å². The first-order valence-corrected chi connectivity index (χ1v) is 14.9. The highest BCUT2D eigenvalue weighted by Crippen LogP contribution is 2.34. The van der Waals surface area contributed by atoms with Gasteiger partial charge in [0.25, 0.3) is 5.91 Å². The van der Waals surface area contributed by atoms with Crippen molar-refractivity contribution in [2.75, 3.05) is 18.0 Å². The van der Waals surface area contributed by atoms with E-state index in [2.05, 4.69) is 13.0 Å². The Kier molecular flexibility index (Phi) is 7.42. The molecule has 1 aliphatic rings. The third kappa shape index (κ3) is 5.32. The van der Waals surface area contributed by atoms with E-state index in [-0.39, 0.29) is 10.8 Å². The van der Waals surface area contributed by atoms with Crippen molar-refractivity contribution in [3.8, 4) is 0 Å². The van der Waals surface area contributed by atoms with Gasteiger partial charge in [0, 0.05) is 18.7 Å². The molecule has 192 valence electrons. The van der Waals surface area contributed by atoms with Crippen LogP contribution in [0.25, 0.3) is 10.2 Å². The van der Waals surface area contributed by atoms with Gasteiger partial charge in [-0.15, -0.1) is 0 Å². The minimum atomic E-state index is -3.58. The zero-order valence-electron chi connectivity index (χ0n) is 21.2. The van der Waals surface area contributed by atoms with Crippen molar-refractivity contribution in [3.63, 3.8) is 0 Å². The van der Waals surface area contributed by atoms with Crippen LogP contribution < -0.4 is 4.90 Å². The molecule has 0 saturated carbocycles. The van der Waals surface area contributed by atoms with E-state index < -0.39 is 10.0 Å². The molecule has 0 atom stereocenters. The van der Waals surface area contributed by atoms with Crippen molar-refractivity contribution in [2.45, 2.75) is 51.0 Å². The fraction of sp³-hybridized carbons (Fsp3) is 0.310. The molecule has 0 radical (unpaired) electrons. The van der Waals surface area contributed by atoms with Crippen molar-refractivity contribution < 1.29 is 13.2 Å². The predicted molar refractivity (Wildman–Crippen MR) is 150 cm³/mol. The van der Waals surface area contributed by atoms with Crippen LogP contribution in [-0.2, 0) is 16.6 Å². The average Bonchev–Trinajstić information content (AvgIpc) is 3.18.